The standard InChI is InChI=1S/C16H11F4N3O/c1-21-14-13-11(17)7-9(16(18,19)20)8-12(13)23(15(24)22-14)10-5-3-2-4-6-10/h2-8H,1H3,(H,21,22,24). The van der Waals surface area contributed by atoms with Gasteiger partial charge in [0.05, 0.1) is 22.2 Å². The summed E-state index contributed by atoms with van der Waals surface area (Å²) in [6.45, 7) is 0. The van der Waals surface area contributed by atoms with Crippen molar-refractivity contribution in [3.05, 3.63) is 64.3 Å². The van der Waals surface area contributed by atoms with E-state index in [0.717, 1.165) is 10.6 Å². The van der Waals surface area contributed by atoms with E-state index in [1.807, 2.05) is 0 Å². The van der Waals surface area contributed by atoms with E-state index in [0.29, 0.717) is 11.8 Å². The van der Waals surface area contributed by atoms with Crippen molar-refractivity contribution in [3.63, 3.8) is 0 Å². The molecule has 0 aliphatic carbocycles. The number of rotatable bonds is 2. The second kappa shape index (κ2) is 5.63. The molecule has 0 fully saturated rings. The fourth-order valence-corrected chi connectivity index (χ4v) is 2.48. The fraction of sp³-hybridized carbons (Fsp3) is 0.125. The van der Waals surface area contributed by atoms with Crippen molar-refractivity contribution >= 4 is 16.7 Å². The number of benzene rings is 2. The molecule has 2 aromatic carbocycles. The van der Waals surface area contributed by atoms with Gasteiger partial charge in [0.25, 0.3) is 0 Å². The van der Waals surface area contributed by atoms with E-state index in [4.69, 9.17) is 0 Å². The Bertz CT molecular complexity index is 965. The number of nitrogens with one attached hydrogen (secondary N) is 1. The van der Waals surface area contributed by atoms with Gasteiger partial charge in [-0.05, 0) is 24.3 Å². The molecular formula is C16H11F4N3O. The van der Waals surface area contributed by atoms with E-state index in [1.54, 1.807) is 18.2 Å². The Kier molecular flexibility index (Phi) is 3.75. The zero-order valence-electron chi connectivity index (χ0n) is 12.4. The third-order valence-electron chi connectivity index (χ3n) is 3.52. The maximum atomic E-state index is 14.4. The molecule has 124 valence electrons. The van der Waals surface area contributed by atoms with Gasteiger partial charge < -0.3 is 5.32 Å². The summed E-state index contributed by atoms with van der Waals surface area (Å²) in [5.41, 5.74) is -1.90. The Morgan fingerprint density at radius 3 is 2.38 bits per heavy atom. The fourth-order valence-electron chi connectivity index (χ4n) is 2.48. The zero-order chi connectivity index (χ0) is 17.5. The summed E-state index contributed by atoms with van der Waals surface area (Å²) in [5, 5.41) is 2.36. The quantitative estimate of drug-likeness (QED) is 0.727. The van der Waals surface area contributed by atoms with Crippen molar-refractivity contribution in [1.29, 1.82) is 0 Å². The molecule has 8 heteroatoms. The van der Waals surface area contributed by atoms with Crippen LogP contribution in [0.4, 0.5) is 23.4 Å². The lowest BCUT2D eigenvalue weighted by molar-refractivity contribution is -0.137. The van der Waals surface area contributed by atoms with E-state index in [2.05, 4.69) is 10.3 Å². The normalized spacial score (nSPS) is 11.7. The van der Waals surface area contributed by atoms with Crippen molar-refractivity contribution in [2.75, 3.05) is 12.4 Å². The molecular weight excluding hydrogens is 326 g/mol. The van der Waals surface area contributed by atoms with Crippen molar-refractivity contribution in [2.24, 2.45) is 0 Å². The lowest BCUT2D eigenvalue weighted by Crippen LogP contribution is -2.24. The molecule has 3 aromatic rings. The number of nitrogens with zero attached hydrogens (tertiary/aromatic N) is 2. The van der Waals surface area contributed by atoms with Crippen LogP contribution < -0.4 is 11.0 Å². The Morgan fingerprint density at radius 2 is 1.79 bits per heavy atom. The summed E-state index contributed by atoms with van der Waals surface area (Å²) in [4.78, 5) is 16.0. The maximum Gasteiger partial charge on any atom is 0.416 e. The first-order valence-corrected chi connectivity index (χ1v) is 6.89. The average Bonchev–Trinajstić information content (AvgIpc) is 2.53. The van der Waals surface area contributed by atoms with Gasteiger partial charge in [-0.1, -0.05) is 18.2 Å². The lowest BCUT2D eigenvalue weighted by Gasteiger charge is -2.15. The SMILES string of the molecule is CNc1nc(=O)n(-c2ccccc2)c2cc(C(F)(F)F)cc(F)c12. The number of hydrogen-bond donors (Lipinski definition) is 1. The minimum absolute atomic E-state index is 0.117. The number of hydrogen-bond acceptors (Lipinski definition) is 3. The first-order chi connectivity index (χ1) is 11.3. The highest BCUT2D eigenvalue weighted by molar-refractivity contribution is 5.91. The molecule has 1 N–H and O–H groups in total. The topological polar surface area (TPSA) is 46.9 Å². The second-order valence-corrected chi connectivity index (χ2v) is 5.01. The van der Waals surface area contributed by atoms with Gasteiger partial charge in [0.2, 0.25) is 0 Å². The molecule has 0 saturated carbocycles. The van der Waals surface area contributed by atoms with Crippen LogP contribution in [0.3, 0.4) is 0 Å². The van der Waals surface area contributed by atoms with Crippen LogP contribution in [-0.2, 0) is 6.18 Å². The Labute approximate surface area is 133 Å². The Hall–Kier alpha value is -2.90. The number of alkyl halides is 3. The largest absolute Gasteiger partial charge is 0.416 e. The maximum absolute atomic E-state index is 14.4. The third-order valence-corrected chi connectivity index (χ3v) is 3.52. The average molecular weight is 337 g/mol. The molecule has 0 radical (unpaired) electrons. The van der Waals surface area contributed by atoms with Crippen molar-refractivity contribution in [3.8, 4) is 5.69 Å². The molecule has 0 amide bonds. The van der Waals surface area contributed by atoms with Gasteiger partial charge in [-0.15, -0.1) is 0 Å². The summed E-state index contributed by atoms with van der Waals surface area (Å²) in [6.07, 6.45) is -4.74. The summed E-state index contributed by atoms with van der Waals surface area (Å²) >= 11 is 0. The van der Waals surface area contributed by atoms with E-state index in [9.17, 15) is 22.4 Å². The molecule has 1 aromatic heterocycles. The van der Waals surface area contributed by atoms with Crippen LogP contribution in [0.2, 0.25) is 0 Å². The lowest BCUT2D eigenvalue weighted by atomic mass is 10.1. The number of para-hydroxylation sites is 1. The summed E-state index contributed by atoms with van der Waals surface area (Å²) in [7, 11) is 1.41. The number of aromatic nitrogens is 2. The Morgan fingerprint density at radius 1 is 1.12 bits per heavy atom. The predicted octanol–water partition coefficient (Wildman–Crippen LogP) is 3.59. The molecule has 3 rings (SSSR count). The van der Waals surface area contributed by atoms with Crippen molar-refractivity contribution < 1.29 is 17.6 Å². The number of halogens is 4. The molecule has 0 spiro atoms. The molecule has 0 saturated heterocycles. The van der Waals surface area contributed by atoms with Crippen LogP contribution in [-0.4, -0.2) is 16.6 Å². The molecule has 0 bridgehead atoms. The van der Waals surface area contributed by atoms with Crippen molar-refractivity contribution in [2.45, 2.75) is 6.18 Å². The molecule has 4 nitrogen and oxygen atoms in total. The molecule has 0 aliphatic heterocycles. The van der Waals surface area contributed by atoms with Crippen LogP contribution in [0.5, 0.6) is 0 Å². The first-order valence-electron chi connectivity index (χ1n) is 6.89. The van der Waals surface area contributed by atoms with Gasteiger partial charge in [-0.3, -0.25) is 4.57 Å². The minimum atomic E-state index is -4.74. The van der Waals surface area contributed by atoms with E-state index < -0.39 is 23.2 Å². The summed E-state index contributed by atoms with van der Waals surface area (Å²) in [6, 6.07) is 9.11. The predicted molar refractivity (Wildman–Crippen MR) is 81.8 cm³/mol. The molecule has 0 unspecified atom stereocenters. The van der Waals surface area contributed by atoms with Crippen LogP contribution >= 0.6 is 0 Å². The van der Waals surface area contributed by atoms with Gasteiger partial charge in [0, 0.05) is 7.05 Å². The highest BCUT2D eigenvalue weighted by Gasteiger charge is 2.32. The summed E-state index contributed by atoms with van der Waals surface area (Å²) < 4.78 is 54.4. The third kappa shape index (κ3) is 2.60. The van der Waals surface area contributed by atoms with Gasteiger partial charge in [-0.2, -0.15) is 18.2 Å². The highest BCUT2D eigenvalue weighted by Crippen LogP contribution is 2.34. The first kappa shape index (κ1) is 16.0. The van der Waals surface area contributed by atoms with Gasteiger partial charge in [0.15, 0.2) is 0 Å². The summed E-state index contributed by atoms with van der Waals surface area (Å²) in [5.74, 6) is -1.23. The zero-order valence-corrected chi connectivity index (χ0v) is 12.4. The second-order valence-electron chi connectivity index (χ2n) is 5.01. The number of anilines is 1. The molecule has 24 heavy (non-hydrogen) atoms. The molecule has 1 heterocycles. The Balaban J connectivity index is 2.50. The molecule has 0 aliphatic rings. The van der Waals surface area contributed by atoms with Gasteiger partial charge in [0.1, 0.15) is 11.6 Å². The molecule has 0 atom stereocenters. The van der Waals surface area contributed by atoms with E-state index in [-0.39, 0.29) is 16.7 Å². The minimum Gasteiger partial charge on any atom is -0.372 e. The van der Waals surface area contributed by atoms with E-state index in [1.165, 1.54) is 19.2 Å². The van der Waals surface area contributed by atoms with Crippen LogP contribution in [0.15, 0.2) is 47.3 Å². The monoisotopic (exact) mass is 337 g/mol. The van der Waals surface area contributed by atoms with Crippen LogP contribution in [0.1, 0.15) is 5.56 Å². The van der Waals surface area contributed by atoms with Crippen LogP contribution in [0.25, 0.3) is 16.6 Å². The van der Waals surface area contributed by atoms with Crippen LogP contribution in [0, 0.1) is 5.82 Å². The highest BCUT2D eigenvalue weighted by atomic mass is 19.4. The van der Waals surface area contributed by atoms with Crippen molar-refractivity contribution in [1.82, 2.24) is 9.55 Å². The van der Waals surface area contributed by atoms with Gasteiger partial charge >= 0.3 is 11.9 Å². The van der Waals surface area contributed by atoms with E-state index >= 15 is 0 Å². The van der Waals surface area contributed by atoms with Gasteiger partial charge in [-0.25, -0.2) is 9.18 Å². The number of fused-ring (bicyclic) bond motifs is 1. The smallest absolute Gasteiger partial charge is 0.372 e.